The second-order valence-corrected chi connectivity index (χ2v) is 6.38. The van der Waals surface area contributed by atoms with Crippen molar-refractivity contribution in [2.75, 3.05) is 6.61 Å². The van der Waals surface area contributed by atoms with E-state index in [4.69, 9.17) is 9.47 Å². The Morgan fingerprint density at radius 1 is 0.958 bits per heavy atom. The molecule has 3 rings (SSSR count). The Balaban J connectivity index is 1.79. The van der Waals surface area contributed by atoms with Gasteiger partial charge in [0.25, 0.3) is 0 Å². The van der Waals surface area contributed by atoms with Gasteiger partial charge in [-0.05, 0) is 56.6 Å². The number of hydrogen-bond donors (Lipinski definition) is 0. The summed E-state index contributed by atoms with van der Waals surface area (Å²) in [5, 5.41) is 0. The zero-order chi connectivity index (χ0) is 17.2. The van der Waals surface area contributed by atoms with Crippen molar-refractivity contribution in [1.82, 2.24) is 0 Å². The van der Waals surface area contributed by atoms with Gasteiger partial charge in [0, 0.05) is 0 Å². The van der Waals surface area contributed by atoms with Gasteiger partial charge in [0.15, 0.2) is 11.5 Å². The molecule has 0 bridgehead atoms. The molecule has 2 aliphatic rings. The minimum absolute atomic E-state index is 0.207. The fourth-order valence-electron chi connectivity index (χ4n) is 2.99. The maximum absolute atomic E-state index is 14.5. The molecule has 1 aromatic rings. The van der Waals surface area contributed by atoms with E-state index in [-0.39, 0.29) is 17.6 Å². The molecular formula is C17H20F4O3. The molecule has 2 saturated carbocycles. The van der Waals surface area contributed by atoms with E-state index in [1.807, 2.05) is 0 Å². The zero-order valence-corrected chi connectivity index (χ0v) is 13.2. The molecule has 0 N–H and O–H groups in total. The third-order valence-corrected chi connectivity index (χ3v) is 4.54. The average molecular weight is 348 g/mol. The summed E-state index contributed by atoms with van der Waals surface area (Å²) in [6.45, 7) is 0.297. The lowest BCUT2D eigenvalue weighted by molar-refractivity contribution is -0.276. The minimum atomic E-state index is -5.00. The minimum Gasteiger partial charge on any atom is -0.490 e. The molecule has 0 unspecified atom stereocenters. The summed E-state index contributed by atoms with van der Waals surface area (Å²) < 4.78 is 67.1. The van der Waals surface area contributed by atoms with Crippen LogP contribution >= 0.6 is 0 Å². The SMILES string of the molecule is Fc1c(OCC2CCC2)ccc(OC2CCCC2)c1OC(F)(F)F. The summed E-state index contributed by atoms with van der Waals surface area (Å²) in [7, 11) is 0. The molecular weight excluding hydrogens is 328 g/mol. The smallest absolute Gasteiger partial charge is 0.490 e. The van der Waals surface area contributed by atoms with Crippen molar-refractivity contribution in [2.24, 2.45) is 5.92 Å². The van der Waals surface area contributed by atoms with Crippen LogP contribution in [0.3, 0.4) is 0 Å². The van der Waals surface area contributed by atoms with Gasteiger partial charge in [-0.3, -0.25) is 0 Å². The highest BCUT2D eigenvalue weighted by Gasteiger charge is 2.36. The average Bonchev–Trinajstić information content (AvgIpc) is 2.95. The van der Waals surface area contributed by atoms with Gasteiger partial charge in [-0.1, -0.05) is 6.42 Å². The molecule has 3 nitrogen and oxygen atoms in total. The molecule has 24 heavy (non-hydrogen) atoms. The van der Waals surface area contributed by atoms with E-state index in [1.54, 1.807) is 0 Å². The normalized spacial score (nSPS) is 19.2. The zero-order valence-electron chi connectivity index (χ0n) is 13.2. The number of ether oxygens (including phenoxy) is 3. The topological polar surface area (TPSA) is 27.7 Å². The van der Waals surface area contributed by atoms with Gasteiger partial charge in [0.05, 0.1) is 12.7 Å². The molecule has 0 radical (unpaired) electrons. The van der Waals surface area contributed by atoms with Crippen LogP contribution in [0.25, 0.3) is 0 Å². The first-order chi connectivity index (χ1) is 11.4. The highest BCUT2D eigenvalue weighted by atomic mass is 19.4. The first-order valence-electron chi connectivity index (χ1n) is 8.30. The molecule has 0 saturated heterocycles. The van der Waals surface area contributed by atoms with E-state index >= 15 is 0 Å². The second-order valence-electron chi connectivity index (χ2n) is 6.38. The lowest BCUT2D eigenvalue weighted by atomic mass is 9.86. The van der Waals surface area contributed by atoms with Gasteiger partial charge in [0.1, 0.15) is 0 Å². The van der Waals surface area contributed by atoms with Crippen molar-refractivity contribution in [3.8, 4) is 17.2 Å². The van der Waals surface area contributed by atoms with Crippen molar-refractivity contribution in [1.29, 1.82) is 0 Å². The van der Waals surface area contributed by atoms with Crippen molar-refractivity contribution in [3.05, 3.63) is 17.9 Å². The van der Waals surface area contributed by atoms with Gasteiger partial charge in [-0.15, -0.1) is 13.2 Å². The van der Waals surface area contributed by atoms with Crippen molar-refractivity contribution in [2.45, 2.75) is 57.4 Å². The highest BCUT2D eigenvalue weighted by molar-refractivity contribution is 5.47. The number of benzene rings is 1. The molecule has 0 heterocycles. The van der Waals surface area contributed by atoms with Crippen LogP contribution in [0.2, 0.25) is 0 Å². The van der Waals surface area contributed by atoms with Crippen LogP contribution in [0, 0.1) is 11.7 Å². The fourth-order valence-corrected chi connectivity index (χ4v) is 2.99. The monoisotopic (exact) mass is 348 g/mol. The largest absolute Gasteiger partial charge is 0.573 e. The van der Waals surface area contributed by atoms with E-state index in [0.29, 0.717) is 12.5 Å². The number of alkyl halides is 3. The van der Waals surface area contributed by atoms with Gasteiger partial charge >= 0.3 is 6.36 Å². The van der Waals surface area contributed by atoms with Crippen LogP contribution in [0.4, 0.5) is 17.6 Å². The van der Waals surface area contributed by atoms with Crippen LogP contribution in [-0.2, 0) is 0 Å². The Kier molecular flexibility index (Phi) is 5.06. The molecule has 2 fully saturated rings. The molecule has 7 heteroatoms. The lowest BCUT2D eigenvalue weighted by Crippen LogP contribution is -2.21. The van der Waals surface area contributed by atoms with Gasteiger partial charge in [-0.2, -0.15) is 4.39 Å². The van der Waals surface area contributed by atoms with Crippen LogP contribution in [0.15, 0.2) is 12.1 Å². The Hall–Kier alpha value is -1.66. The Morgan fingerprint density at radius 2 is 1.62 bits per heavy atom. The molecule has 1 aromatic carbocycles. The van der Waals surface area contributed by atoms with Crippen molar-refractivity contribution < 1.29 is 31.8 Å². The molecule has 0 spiro atoms. The van der Waals surface area contributed by atoms with Gasteiger partial charge < -0.3 is 14.2 Å². The van der Waals surface area contributed by atoms with Crippen LogP contribution in [0.1, 0.15) is 44.9 Å². The third-order valence-electron chi connectivity index (χ3n) is 4.54. The highest BCUT2D eigenvalue weighted by Crippen LogP contribution is 2.41. The summed E-state index contributed by atoms with van der Waals surface area (Å²) in [5.74, 6) is -2.24. The van der Waals surface area contributed by atoms with E-state index in [0.717, 1.165) is 44.9 Å². The predicted molar refractivity (Wildman–Crippen MR) is 78.8 cm³/mol. The molecule has 0 amide bonds. The second kappa shape index (κ2) is 7.07. The van der Waals surface area contributed by atoms with Crippen LogP contribution in [0.5, 0.6) is 17.2 Å². The molecule has 0 aromatic heterocycles. The Labute approximate surface area is 137 Å². The van der Waals surface area contributed by atoms with Crippen LogP contribution in [-0.4, -0.2) is 19.1 Å². The summed E-state index contributed by atoms with van der Waals surface area (Å²) in [6, 6.07) is 2.60. The number of rotatable bonds is 6. The number of halogens is 4. The quantitative estimate of drug-likeness (QED) is 0.659. The van der Waals surface area contributed by atoms with Gasteiger partial charge in [0.2, 0.25) is 11.6 Å². The standard InChI is InChI=1S/C17H20F4O3/c18-15-13(22-10-11-4-3-5-11)8-9-14(16(15)24-17(19,20)21)23-12-6-1-2-7-12/h8-9,11-12H,1-7,10H2. The maximum Gasteiger partial charge on any atom is 0.573 e. The maximum atomic E-state index is 14.5. The van der Waals surface area contributed by atoms with E-state index in [2.05, 4.69) is 4.74 Å². The summed E-state index contributed by atoms with van der Waals surface area (Å²) in [5.41, 5.74) is 0. The Bertz CT molecular complexity index is 564. The fraction of sp³-hybridized carbons (Fsp3) is 0.647. The lowest BCUT2D eigenvalue weighted by Gasteiger charge is -2.25. The third kappa shape index (κ3) is 4.24. The molecule has 0 atom stereocenters. The molecule has 0 aliphatic heterocycles. The summed E-state index contributed by atoms with van der Waals surface area (Å²) >= 11 is 0. The van der Waals surface area contributed by atoms with Crippen molar-refractivity contribution >= 4 is 0 Å². The van der Waals surface area contributed by atoms with E-state index in [9.17, 15) is 17.6 Å². The first-order valence-corrected chi connectivity index (χ1v) is 8.30. The number of hydrogen-bond acceptors (Lipinski definition) is 3. The van der Waals surface area contributed by atoms with Gasteiger partial charge in [-0.25, -0.2) is 0 Å². The molecule has 134 valence electrons. The van der Waals surface area contributed by atoms with E-state index < -0.39 is 17.9 Å². The predicted octanol–water partition coefficient (Wildman–Crippen LogP) is 5.22. The van der Waals surface area contributed by atoms with Crippen molar-refractivity contribution in [3.63, 3.8) is 0 Å². The Morgan fingerprint density at radius 3 is 2.21 bits per heavy atom. The molecule has 2 aliphatic carbocycles. The van der Waals surface area contributed by atoms with Crippen LogP contribution < -0.4 is 14.2 Å². The van der Waals surface area contributed by atoms with E-state index in [1.165, 1.54) is 12.1 Å². The first kappa shape index (κ1) is 17.2. The summed E-state index contributed by atoms with van der Waals surface area (Å²) in [6.07, 6.45) is 1.28. The summed E-state index contributed by atoms with van der Waals surface area (Å²) in [4.78, 5) is 0.